The van der Waals surface area contributed by atoms with Crippen LogP contribution in [0.2, 0.25) is 5.02 Å². The molecule has 0 atom stereocenters. The standard InChI is InChI=1S/C21H21ClN2O5/c22-16-3-1-4-18(13-16)28-11-12-29-20(26)14-23-21(27)15-6-8-17(9-7-15)24-10-2-5-19(24)25/h1,3-4,6-9,13H,2,5,10-12,14H2,(H,23,27). The lowest BCUT2D eigenvalue weighted by Gasteiger charge is -2.15. The van der Waals surface area contributed by atoms with E-state index in [1.807, 2.05) is 0 Å². The van der Waals surface area contributed by atoms with Gasteiger partial charge in [0.15, 0.2) is 0 Å². The van der Waals surface area contributed by atoms with Crippen molar-refractivity contribution in [1.82, 2.24) is 5.32 Å². The van der Waals surface area contributed by atoms with Crippen LogP contribution in [0.1, 0.15) is 23.2 Å². The second-order valence-corrected chi connectivity index (χ2v) is 6.84. The molecule has 0 aromatic heterocycles. The van der Waals surface area contributed by atoms with E-state index in [4.69, 9.17) is 21.1 Å². The van der Waals surface area contributed by atoms with Gasteiger partial charge in [0.25, 0.3) is 5.91 Å². The van der Waals surface area contributed by atoms with E-state index in [1.165, 1.54) is 0 Å². The van der Waals surface area contributed by atoms with E-state index in [1.54, 1.807) is 53.4 Å². The molecule has 1 fully saturated rings. The molecule has 0 spiro atoms. The molecule has 1 aliphatic rings. The Morgan fingerprint density at radius 3 is 2.59 bits per heavy atom. The normalized spacial score (nSPS) is 13.3. The zero-order valence-electron chi connectivity index (χ0n) is 15.7. The molecule has 0 unspecified atom stereocenters. The number of hydrogen-bond acceptors (Lipinski definition) is 5. The Hall–Kier alpha value is -3.06. The van der Waals surface area contributed by atoms with Crippen molar-refractivity contribution < 1.29 is 23.9 Å². The molecule has 152 valence electrons. The van der Waals surface area contributed by atoms with Crippen LogP contribution in [0.4, 0.5) is 5.69 Å². The lowest BCUT2D eigenvalue weighted by molar-refractivity contribution is -0.143. The Kier molecular flexibility index (Phi) is 7.08. The van der Waals surface area contributed by atoms with Crippen molar-refractivity contribution in [2.45, 2.75) is 12.8 Å². The highest BCUT2D eigenvalue weighted by Crippen LogP contribution is 2.21. The predicted molar refractivity (Wildman–Crippen MR) is 108 cm³/mol. The van der Waals surface area contributed by atoms with Crippen molar-refractivity contribution in [3.05, 3.63) is 59.1 Å². The van der Waals surface area contributed by atoms with Gasteiger partial charge in [-0.1, -0.05) is 17.7 Å². The van der Waals surface area contributed by atoms with Gasteiger partial charge in [-0.15, -0.1) is 0 Å². The van der Waals surface area contributed by atoms with Crippen molar-refractivity contribution in [3.8, 4) is 5.75 Å². The SMILES string of the molecule is O=C(CNC(=O)c1ccc(N2CCCC2=O)cc1)OCCOc1cccc(Cl)c1. The third-order valence-electron chi connectivity index (χ3n) is 4.32. The van der Waals surface area contributed by atoms with Gasteiger partial charge < -0.3 is 19.7 Å². The van der Waals surface area contributed by atoms with E-state index in [9.17, 15) is 14.4 Å². The van der Waals surface area contributed by atoms with E-state index >= 15 is 0 Å². The van der Waals surface area contributed by atoms with Crippen LogP contribution in [-0.4, -0.2) is 44.1 Å². The molecule has 0 aliphatic carbocycles. The lowest BCUT2D eigenvalue weighted by atomic mass is 10.2. The molecule has 7 nitrogen and oxygen atoms in total. The molecule has 3 rings (SSSR count). The van der Waals surface area contributed by atoms with Gasteiger partial charge >= 0.3 is 5.97 Å². The molecule has 0 bridgehead atoms. The first-order chi connectivity index (χ1) is 14.0. The second-order valence-electron chi connectivity index (χ2n) is 6.40. The van der Waals surface area contributed by atoms with Crippen LogP contribution in [0, 0.1) is 0 Å². The Morgan fingerprint density at radius 1 is 1.10 bits per heavy atom. The van der Waals surface area contributed by atoms with E-state index in [-0.39, 0.29) is 25.7 Å². The highest BCUT2D eigenvalue weighted by atomic mass is 35.5. The largest absolute Gasteiger partial charge is 0.490 e. The molecule has 2 amide bonds. The molecular formula is C21H21ClN2O5. The summed E-state index contributed by atoms with van der Waals surface area (Å²) in [6, 6.07) is 13.6. The van der Waals surface area contributed by atoms with Crippen LogP contribution >= 0.6 is 11.6 Å². The summed E-state index contributed by atoms with van der Waals surface area (Å²) in [6.07, 6.45) is 1.39. The molecule has 8 heteroatoms. The number of nitrogens with zero attached hydrogens (tertiary/aromatic N) is 1. The summed E-state index contributed by atoms with van der Waals surface area (Å²) in [5, 5.41) is 3.07. The third-order valence-corrected chi connectivity index (χ3v) is 4.55. The van der Waals surface area contributed by atoms with E-state index in [0.717, 1.165) is 12.1 Å². The number of ether oxygens (including phenoxy) is 2. The van der Waals surface area contributed by atoms with Crippen LogP contribution < -0.4 is 15.0 Å². The minimum absolute atomic E-state index is 0.0553. The summed E-state index contributed by atoms with van der Waals surface area (Å²) in [7, 11) is 0. The number of nitrogens with one attached hydrogen (secondary N) is 1. The molecular weight excluding hydrogens is 396 g/mol. The fourth-order valence-corrected chi connectivity index (χ4v) is 3.07. The molecule has 1 aliphatic heterocycles. The van der Waals surface area contributed by atoms with Crippen LogP contribution in [0.3, 0.4) is 0 Å². The minimum Gasteiger partial charge on any atom is -0.490 e. The zero-order valence-corrected chi connectivity index (χ0v) is 16.5. The summed E-state index contributed by atoms with van der Waals surface area (Å²) < 4.78 is 10.4. The summed E-state index contributed by atoms with van der Waals surface area (Å²) >= 11 is 5.85. The predicted octanol–water partition coefficient (Wildman–Crippen LogP) is 2.82. The molecule has 1 N–H and O–H groups in total. The molecule has 2 aromatic carbocycles. The fourth-order valence-electron chi connectivity index (χ4n) is 2.89. The smallest absolute Gasteiger partial charge is 0.325 e. The summed E-state index contributed by atoms with van der Waals surface area (Å²) in [6.45, 7) is 0.677. The monoisotopic (exact) mass is 416 g/mol. The Bertz CT molecular complexity index is 885. The fraction of sp³-hybridized carbons (Fsp3) is 0.286. The number of amides is 2. The summed E-state index contributed by atoms with van der Waals surface area (Å²) in [4.78, 5) is 37.4. The van der Waals surface area contributed by atoms with Gasteiger partial charge in [-0.3, -0.25) is 14.4 Å². The quantitative estimate of drug-likeness (QED) is 0.528. The molecule has 29 heavy (non-hydrogen) atoms. The summed E-state index contributed by atoms with van der Waals surface area (Å²) in [5.74, 6) is -0.283. The van der Waals surface area contributed by atoms with Gasteiger partial charge in [0.05, 0.1) is 0 Å². The van der Waals surface area contributed by atoms with Crippen molar-refractivity contribution in [2.75, 3.05) is 31.2 Å². The van der Waals surface area contributed by atoms with E-state index in [0.29, 0.717) is 29.3 Å². The number of hydrogen-bond donors (Lipinski definition) is 1. The van der Waals surface area contributed by atoms with Crippen molar-refractivity contribution in [1.29, 1.82) is 0 Å². The first-order valence-electron chi connectivity index (χ1n) is 9.25. The van der Waals surface area contributed by atoms with Crippen LogP contribution in [-0.2, 0) is 14.3 Å². The van der Waals surface area contributed by atoms with Gasteiger partial charge in [0, 0.05) is 29.2 Å². The van der Waals surface area contributed by atoms with E-state index in [2.05, 4.69) is 5.32 Å². The lowest BCUT2D eigenvalue weighted by Crippen LogP contribution is -2.31. The van der Waals surface area contributed by atoms with Gasteiger partial charge in [-0.2, -0.15) is 0 Å². The highest BCUT2D eigenvalue weighted by molar-refractivity contribution is 6.30. The van der Waals surface area contributed by atoms with Crippen LogP contribution in [0.5, 0.6) is 5.75 Å². The van der Waals surface area contributed by atoms with E-state index < -0.39 is 11.9 Å². The maximum atomic E-state index is 12.2. The van der Waals surface area contributed by atoms with Crippen LogP contribution in [0.15, 0.2) is 48.5 Å². The van der Waals surface area contributed by atoms with Crippen molar-refractivity contribution in [3.63, 3.8) is 0 Å². The molecule has 2 aromatic rings. The van der Waals surface area contributed by atoms with Gasteiger partial charge in [-0.05, 0) is 48.9 Å². The zero-order chi connectivity index (χ0) is 20.6. The number of halogens is 1. The average molecular weight is 417 g/mol. The van der Waals surface area contributed by atoms with Crippen LogP contribution in [0.25, 0.3) is 0 Å². The van der Waals surface area contributed by atoms with Crippen molar-refractivity contribution in [2.24, 2.45) is 0 Å². The average Bonchev–Trinajstić information content (AvgIpc) is 3.15. The number of esters is 1. The van der Waals surface area contributed by atoms with Crippen molar-refractivity contribution >= 4 is 35.1 Å². The number of rotatable bonds is 8. The first kappa shape index (κ1) is 20.7. The van der Waals surface area contributed by atoms with Gasteiger partial charge in [-0.25, -0.2) is 0 Å². The first-order valence-corrected chi connectivity index (χ1v) is 9.63. The minimum atomic E-state index is -0.563. The highest BCUT2D eigenvalue weighted by Gasteiger charge is 2.21. The molecule has 0 radical (unpaired) electrons. The third kappa shape index (κ3) is 5.96. The number of benzene rings is 2. The molecule has 1 saturated heterocycles. The Labute approximate surface area is 173 Å². The molecule has 1 heterocycles. The number of carbonyl (C=O) groups excluding carboxylic acids is 3. The van der Waals surface area contributed by atoms with Gasteiger partial charge in [0.1, 0.15) is 25.5 Å². The Balaban J connectivity index is 1.37. The molecule has 0 saturated carbocycles. The van der Waals surface area contributed by atoms with Gasteiger partial charge in [0.2, 0.25) is 5.91 Å². The topological polar surface area (TPSA) is 84.9 Å². The maximum absolute atomic E-state index is 12.2. The second kappa shape index (κ2) is 9.93. The maximum Gasteiger partial charge on any atom is 0.325 e. The Morgan fingerprint density at radius 2 is 1.90 bits per heavy atom. The summed E-state index contributed by atoms with van der Waals surface area (Å²) in [5.41, 5.74) is 1.17. The number of anilines is 1. The number of carbonyl (C=O) groups is 3.